The lowest BCUT2D eigenvalue weighted by Gasteiger charge is -2.10. The minimum atomic E-state index is -3.31. The molecule has 6 heteroatoms. The fraction of sp³-hybridized carbons (Fsp3) is 1.00. The van der Waals surface area contributed by atoms with E-state index in [-0.39, 0.29) is 12.0 Å². The molecule has 2 unspecified atom stereocenters. The maximum atomic E-state index is 11.0. The second-order valence-electron chi connectivity index (χ2n) is 3.39. The minimum absolute atomic E-state index is 0.246. The van der Waals surface area contributed by atoms with Crippen molar-refractivity contribution in [2.24, 2.45) is 5.92 Å². The van der Waals surface area contributed by atoms with Gasteiger partial charge in [-0.15, -0.1) is 0 Å². The molecule has 13 heavy (non-hydrogen) atoms. The van der Waals surface area contributed by atoms with Gasteiger partial charge in [0.1, 0.15) is 0 Å². The monoisotopic (exact) mass is 208 g/mol. The molecule has 1 saturated carbocycles. The smallest absolute Gasteiger partial charge is 0.276 e. The maximum absolute atomic E-state index is 11.0. The Morgan fingerprint density at radius 2 is 2.15 bits per heavy atom. The quantitative estimate of drug-likeness (QED) is 0.566. The van der Waals surface area contributed by atoms with Crippen molar-refractivity contribution in [1.29, 1.82) is 0 Å². The van der Waals surface area contributed by atoms with Crippen LogP contribution in [0.2, 0.25) is 0 Å². The van der Waals surface area contributed by atoms with Gasteiger partial charge in [-0.25, -0.2) is 9.44 Å². The normalized spacial score (nSPS) is 29.4. The molecule has 0 amide bonds. The minimum Gasteiger partial charge on any atom is -0.393 e. The summed E-state index contributed by atoms with van der Waals surface area (Å²) < 4.78 is 26.5. The van der Waals surface area contributed by atoms with Gasteiger partial charge in [0.05, 0.1) is 6.10 Å². The summed E-state index contributed by atoms with van der Waals surface area (Å²) >= 11 is 0. The van der Waals surface area contributed by atoms with Crippen molar-refractivity contribution in [3.63, 3.8) is 0 Å². The van der Waals surface area contributed by atoms with E-state index >= 15 is 0 Å². The van der Waals surface area contributed by atoms with Crippen LogP contribution < -0.4 is 9.44 Å². The van der Waals surface area contributed by atoms with Crippen molar-refractivity contribution < 1.29 is 13.5 Å². The third kappa shape index (κ3) is 3.60. The average Bonchev–Trinajstić information content (AvgIpc) is 2.48. The summed E-state index contributed by atoms with van der Waals surface area (Å²) in [4.78, 5) is 0. The van der Waals surface area contributed by atoms with Crippen LogP contribution in [0.5, 0.6) is 0 Å². The van der Waals surface area contributed by atoms with Crippen LogP contribution in [0.25, 0.3) is 0 Å². The van der Waals surface area contributed by atoms with Crippen LogP contribution in [0, 0.1) is 5.92 Å². The van der Waals surface area contributed by atoms with Gasteiger partial charge in [0, 0.05) is 13.6 Å². The van der Waals surface area contributed by atoms with Gasteiger partial charge >= 0.3 is 0 Å². The predicted octanol–water partition coefficient (Wildman–Crippen LogP) is -0.799. The number of aliphatic hydroxyl groups excluding tert-OH is 1. The molecule has 0 aromatic carbocycles. The Morgan fingerprint density at radius 1 is 1.46 bits per heavy atom. The molecule has 5 nitrogen and oxygen atoms in total. The second-order valence-corrected chi connectivity index (χ2v) is 5.09. The Bertz CT molecular complexity index is 252. The summed E-state index contributed by atoms with van der Waals surface area (Å²) in [6, 6.07) is 0. The number of rotatable bonds is 4. The Morgan fingerprint density at radius 3 is 2.62 bits per heavy atom. The molecule has 1 aliphatic carbocycles. The van der Waals surface area contributed by atoms with Crippen molar-refractivity contribution in [2.75, 3.05) is 13.6 Å². The molecule has 0 saturated heterocycles. The van der Waals surface area contributed by atoms with Gasteiger partial charge < -0.3 is 5.11 Å². The summed E-state index contributed by atoms with van der Waals surface area (Å²) in [5, 5.41) is 9.19. The molecule has 0 radical (unpaired) electrons. The largest absolute Gasteiger partial charge is 0.393 e. The highest BCUT2D eigenvalue weighted by molar-refractivity contribution is 7.87. The fourth-order valence-corrected chi connectivity index (χ4v) is 2.13. The van der Waals surface area contributed by atoms with E-state index in [0.717, 1.165) is 12.8 Å². The number of hydrogen-bond donors (Lipinski definition) is 3. The first-order valence-electron chi connectivity index (χ1n) is 4.39. The van der Waals surface area contributed by atoms with Crippen LogP contribution in [0.3, 0.4) is 0 Å². The van der Waals surface area contributed by atoms with Crippen molar-refractivity contribution in [3.05, 3.63) is 0 Å². The van der Waals surface area contributed by atoms with Crippen molar-refractivity contribution >= 4 is 10.2 Å². The van der Waals surface area contributed by atoms with Crippen LogP contribution >= 0.6 is 0 Å². The van der Waals surface area contributed by atoms with Crippen molar-refractivity contribution in [2.45, 2.75) is 25.4 Å². The molecule has 78 valence electrons. The van der Waals surface area contributed by atoms with Gasteiger partial charge in [0.25, 0.3) is 10.2 Å². The first kappa shape index (κ1) is 10.9. The summed E-state index contributed by atoms with van der Waals surface area (Å²) in [5.74, 6) is 0.276. The Kier molecular flexibility index (Phi) is 3.66. The number of nitrogens with one attached hydrogen (secondary N) is 2. The standard InChI is InChI=1S/C7H16N2O3S/c1-8-13(11,12)9-5-6-2-3-7(10)4-6/h6-10H,2-5H2,1H3. The zero-order chi connectivity index (χ0) is 9.90. The van der Waals surface area contributed by atoms with Crippen LogP contribution in [-0.4, -0.2) is 33.2 Å². The Labute approximate surface area is 78.7 Å². The summed E-state index contributed by atoms with van der Waals surface area (Å²) in [7, 11) is -1.94. The van der Waals surface area contributed by atoms with E-state index in [9.17, 15) is 13.5 Å². The molecule has 0 aromatic rings. The Hall–Kier alpha value is -0.170. The first-order valence-corrected chi connectivity index (χ1v) is 5.88. The van der Waals surface area contributed by atoms with Crippen LogP contribution in [-0.2, 0) is 10.2 Å². The molecule has 2 atom stereocenters. The topological polar surface area (TPSA) is 78.4 Å². The van der Waals surface area contributed by atoms with E-state index in [4.69, 9.17) is 0 Å². The lowest BCUT2D eigenvalue weighted by molar-refractivity contribution is 0.178. The van der Waals surface area contributed by atoms with E-state index in [1.165, 1.54) is 7.05 Å². The molecular weight excluding hydrogens is 192 g/mol. The molecule has 1 aliphatic rings. The number of hydrogen-bond acceptors (Lipinski definition) is 3. The third-order valence-electron chi connectivity index (χ3n) is 2.34. The molecule has 0 spiro atoms. The van der Waals surface area contributed by atoms with E-state index in [1.54, 1.807) is 0 Å². The fourth-order valence-electron chi connectivity index (χ4n) is 1.53. The number of aliphatic hydroxyl groups is 1. The van der Waals surface area contributed by atoms with E-state index < -0.39 is 10.2 Å². The van der Waals surface area contributed by atoms with Gasteiger partial charge in [-0.05, 0) is 25.2 Å². The molecule has 0 heterocycles. The van der Waals surface area contributed by atoms with Gasteiger partial charge in [-0.3, -0.25) is 0 Å². The van der Waals surface area contributed by atoms with Crippen molar-refractivity contribution in [1.82, 2.24) is 9.44 Å². The maximum Gasteiger partial charge on any atom is 0.276 e. The molecule has 3 N–H and O–H groups in total. The van der Waals surface area contributed by atoms with E-state index in [0.29, 0.717) is 13.0 Å². The Balaban J connectivity index is 2.27. The van der Waals surface area contributed by atoms with Gasteiger partial charge in [-0.2, -0.15) is 8.42 Å². The molecule has 0 bridgehead atoms. The SMILES string of the molecule is CNS(=O)(=O)NCC1CCC(O)C1. The lowest BCUT2D eigenvalue weighted by Crippen LogP contribution is -2.36. The summed E-state index contributed by atoms with van der Waals surface area (Å²) in [6.45, 7) is 0.417. The highest BCUT2D eigenvalue weighted by atomic mass is 32.2. The summed E-state index contributed by atoms with van der Waals surface area (Å²) in [5.41, 5.74) is 0. The molecule has 0 aromatic heterocycles. The molecule has 1 rings (SSSR count). The molecule has 0 aliphatic heterocycles. The predicted molar refractivity (Wildman–Crippen MR) is 49.3 cm³/mol. The van der Waals surface area contributed by atoms with E-state index in [2.05, 4.69) is 9.44 Å². The van der Waals surface area contributed by atoms with Gasteiger partial charge in [0.15, 0.2) is 0 Å². The van der Waals surface area contributed by atoms with Crippen LogP contribution in [0.1, 0.15) is 19.3 Å². The first-order chi connectivity index (χ1) is 6.03. The highest BCUT2D eigenvalue weighted by Gasteiger charge is 2.23. The summed E-state index contributed by atoms with van der Waals surface area (Å²) in [6.07, 6.45) is 2.13. The third-order valence-corrected chi connectivity index (χ3v) is 3.43. The zero-order valence-corrected chi connectivity index (χ0v) is 8.47. The van der Waals surface area contributed by atoms with Crippen LogP contribution in [0.15, 0.2) is 0 Å². The van der Waals surface area contributed by atoms with E-state index in [1.807, 2.05) is 0 Å². The van der Waals surface area contributed by atoms with Gasteiger partial charge in [-0.1, -0.05) is 0 Å². The van der Waals surface area contributed by atoms with Gasteiger partial charge in [0.2, 0.25) is 0 Å². The zero-order valence-electron chi connectivity index (χ0n) is 7.66. The molecular formula is C7H16N2O3S. The van der Waals surface area contributed by atoms with Crippen molar-refractivity contribution in [3.8, 4) is 0 Å². The second kappa shape index (κ2) is 4.36. The molecule has 1 fully saturated rings. The highest BCUT2D eigenvalue weighted by Crippen LogP contribution is 2.24. The average molecular weight is 208 g/mol. The van der Waals surface area contributed by atoms with Crippen LogP contribution in [0.4, 0.5) is 0 Å². The lowest BCUT2D eigenvalue weighted by atomic mass is 10.1.